The van der Waals surface area contributed by atoms with E-state index in [-0.39, 0.29) is 24.9 Å². The van der Waals surface area contributed by atoms with E-state index in [9.17, 15) is 19.1 Å². The van der Waals surface area contributed by atoms with Crippen LogP contribution < -0.4 is 10.1 Å². The number of aliphatic carboxylic acids is 1. The summed E-state index contributed by atoms with van der Waals surface area (Å²) in [4.78, 5) is 25.9. The van der Waals surface area contributed by atoms with Gasteiger partial charge in [-0.1, -0.05) is 54.6 Å². The van der Waals surface area contributed by atoms with Crippen molar-refractivity contribution in [1.82, 2.24) is 10.2 Å². The molecule has 1 atom stereocenters. The van der Waals surface area contributed by atoms with Crippen LogP contribution >= 0.6 is 0 Å². The lowest BCUT2D eigenvalue weighted by molar-refractivity contribution is -0.149. The second-order valence-electron chi connectivity index (χ2n) is 8.79. The quantitative estimate of drug-likeness (QED) is 0.258. The minimum absolute atomic E-state index is 0.237. The van der Waals surface area contributed by atoms with Crippen molar-refractivity contribution in [1.29, 1.82) is 0 Å². The number of nitrogens with one attached hydrogen (secondary N) is 1. The first-order chi connectivity index (χ1) is 18.9. The Balaban J connectivity index is 1.50. The molecule has 0 heterocycles. The van der Waals surface area contributed by atoms with Crippen molar-refractivity contribution in [2.45, 2.75) is 32.6 Å². The summed E-state index contributed by atoms with van der Waals surface area (Å²) in [7, 11) is 0. The third-order valence-electron chi connectivity index (χ3n) is 5.88. The maximum Gasteiger partial charge on any atom is 0.333 e. The molecule has 39 heavy (non-hydrogen) atoms. The van der Waals surface area contributed by atoms with Crippen LogP contribution in [-0.2, 0) is 33.8 Å². The number of urea groups is 1. The fourth-order valence-electron chi connectivity index (χ4n) is 3.77. The van der Waals surface area contributed by atoms with E-state index in [1.807, 2.05) is 30.3 Å². The second kappa shape index (κ2) is 16.1. The molecule has 0 spiro atoms. The molecule has 0 saturated heterocycles. The summed E-state index contributed by atoms with van der Waals surface area (Å²) in [6.45, 7) is 4.03. The smallest absolute Gasteiger partial charge is 0.333 e. The lowest BCUT2D eigenvalue weighted by atomic mass is 10.1. The molecule has 2 N–H and O–H groups in total. The van der Waals surface area contributed by atoms with E-state index >= 15 is 0 Å². The van der Waals surface area contributed by atoms with E-state index in [2.05, 4.69) is 5.32 Å². The molecule has 8 nitrogen and oxygen atoms in total. The molecular weight excluding hydrogens is 503 g/mol. The van der Waals surface area contributed by atoms with Gasteiger partial charge >= 0.3 is 12.0 Å². The van der Waals surface area contributed by atoms with Gasteiger partial charge in [-0.15, -0.1) is 0 Å². The normalized spacial score (nSPS) is 11.5. The van der Waals surface area contributed by atoms with E-state index in [4.69, 9.17) is 14.2 Å². The van der Waals surface area contributed by atoms with Gasteiger partial charge in [0.2, 0.25) is 0 Å². The lowest BCUT2D eigenvalue weighted by Gasteiger charge is -2.23. The van der Waals surface area contributed by atoms with Crippen molar-refractivity contribution in [2.75, 3.05) is 32.9 Å². The first kappa shape index (κ1) is 29.6. The highest BCUT2D eigenvalue weighted by atomic mass is 19.1. The van der Waals surface area contributed by atoms with Gasteiger partial charge in [-0.3, -0.25) is 0 Å². The molecule has 9 heteroatoms. The first-order valence-electron chi connectivity index (χ1n) is 12.9. The molecule has 3 aromatic rings. The molecule has 3 rings (SSSR count). The summed E-state index contributed by atoms with van der Waals surface area (Å²) in [5.41, 5.74) is 2.66. The van der Waals surface area contributed by atoms with E-state index in [1.54, 1.807) is 48.2 Å². The Hall–Kier alpha value is -3.95. The number of carboxylic acids is 1. The van der Waals surface area contributed by atoms with Gasteiger partial charge in [-0.05, 0) is 47.9 Å². The summed E-state index contributed by atoms with van der Waals surface area (Å²) in [6, 6.07) is 22.6. The number of hydrogen-bond acceptors (Lipinski definition) is 5. The topological polar surface area (TPSA) is 97.3 Å². The predicted molar refractivity (Wildman–Crippen MR) is 145 cm³/mol. The summed E-state index contributed by atoms with van der Waals surface area (Å²) in [5, 5.41) is 12.2. The Bertz CT molecular complexity index is 1140. The molecule has 208 valence electrons. The Labute approximate surface area is 228 Å². The molecule has 0 fully saturated rings. The number of halogens is 1. The number of amides is 2. The number of carbonyl (C=O) groups is 2. The van der Waals surface area contributed by atoms with Crippen molar-refractivity contribution >= 4 is 12.0 Å². The van der Waals surface area contributed by atoms with Gasteiger partial charge in [0, 0.05) is 26.1 Å². The van der Waals surface area contributed by atoms with Crippen LogP contribution in [0.1, 0.15) is 23.6 Å². The van der Waals surface area contributed by atoms with Crippen LogP contribution in [0.5, 0.6) is 5.75 Å². The van der Waals surface area contributed by atoms with Crippen molar-refractivity contribution in [2.24, 2.45) is 0 Å². The zero-order valence-corrected chi connectivity index (χ0v) is 22.1. The van der Waals surface area contributed by atoms with Crippen LogP contribution in [-0.4, -0.2) is 61.0 Å². The molecule has 3 aromatic carbocycles. The molecule has 1 unspecified atom stereocenters. The van der Waals surface area contributed by atoms with Gasteiger partial charge in [0.05, 0.1) is 19.8 Å². The highest BCUT2D eigenvalue weighted by Gasteiger charge is 2.18. The zero-order chi connectivity index (χ0) is 27.9. The zero-order valence-electron chi connectivity index (χ0n) is 22.1. The maximum absolute atomic E-state index is 13.1. The molecule has 0 bridgehead atoms. The van der Waals surface area contributed by atoms with Crippen LogP contribution in [0, 0.1) is 5.82 Å². The Morgan fingerprint density at radius 2 is 1.56 bits per heavy atom. The van der Waals surface area contributed by atoms with Crippen molar-refractivity contribution in [3.05, 3.63) is 101 Å². The van der Waals surface area contributed by atoms with Crippen LogP contribution in [0.2, 0.25) is 0 Å². The average molecular weight is 539 g/mol. The monoisotopic (exact) mass is 538 g/mol. The van der Waals surface area contributed by atoms with Crippen molar-refractivity contribution in [3.8, 4) is 5.75 Å². The Kier molecular flexibility index (Phi) is 12.2. The molecule has 0 radical (unpaired) electrons. The maximum atomic E-state index is 13.1. The molecule has 0 aromatic heterocycles. The van der Waals surface area contributed by atoms with Gasteiger partial charge in [0.25, 0.3) is 0 Å². The van der Waals surface area contributed by atoms with Gasteiger partial charge in [-0.2, -0.15) is 0 Å². The number of carboxylic acid groups (broad SMARTS) is 1. The Morgan fingerprint density at radius 1 is 0.897 bits per heavy atom. The van der Waals surface area contributed by atoms with Gasteiger partial charge in [0.15, 0.2) is 6.10 Å². The van der Waals surface area contributed by atoms with Gasteiger partial charge in [-0.25, -0.2) is 14.0 Å². The van der Waals surface area contributed by atoms with Crippen molar-refractivity contribution < 1.29 is 33.3 Å². The van der Waals surface area contributed by atoms with E-state index in [1.165, 1.54) is 12.1 Å². The number of carbonyl (C=O) groups excluding carboxylic acids is 1. The third-order valence-corrected chi connectivity index (χ3v) is 5.88. The Morgan fingerprint density at radius 3 is 2.23 bits per heavy atom. The highest BCUT2D eigenvalue weighted by molar-refractivity contribution is 5.74. The van der Waals surface area contributed by atoms with E-state index in [0.717, 1.165) is 16.7 Å². The fraction of sp³-hybridized carbons (Fsp3) is 0.333. The first-order valence-corrected chi connectivity index (χ1v) is 12.9. The number of benzene rings is 3. The average Bonchev–Trinajstić information content (AvgIpc) is 2.95. The third kappa shape index (κ3) is 10.7. The summed E-state index contributed by atoms with van der Waals surface area (Å²) in [5.74, 6) is -0.687. The SMILES string of the molecule is CCOC(Cc1ccc(OCCN(CCOCc2ccc(F)cc2)C(=O)NCc2ccccc2)cc1)C(=O)O. The van der Waals surface area contributed by atoms with Gasteiger partial charge in [0.1, 0.15) is 18.2 Å². The number of nitrogens with zero attached hydrogens (tertiary/aromatic N) is 1. The second-order valence-corrected chi connectivity index (χ2v) is 8.79. The van der Waals surface area contributed by atoms with Crippen LogP contribution in [0.4, 0.5) is 9.18 Å². The predicted octanol–water partition coefficient (Wildman–Crippen LogP) is 4.67. The summed E-state index contributed by atoms with van der Waals surface area (Å²) >= 11 is 0. The molecule has 0 saturated carbocycles. The van der Waals surface area contributed by atoms with E-state index < -0.39 is 12.1 Å². The number of hydrogen-bond donors (Lipinski definition) is 2. The minimum atomic E-state index is -0.996. The highest BCUT2D eigenvalue weighted by Crippen LogP contribution is 2.15. The summed E-state index contributed by atoms with van der Waals surface area (Å²) in [6.07, 6.45) is -0.633. The van der Waals surface area contributed by atoms with Crippen LogP contribution in [0.15, 0.2) is 78.9 Å². The fourth-order valence-corrected chi connectivity index (χ4v) is 3.77. The van der Waals surface area contributed by atoms with Crippen LogP contribution in [0.25, 0.3) is 0 Å². The summed E-state index contributed by atoms with van der Waals surface area (Å²) < 4.78 is 29.9. The van der Waals surface area contributed by atoms with Crippen molar-refractivity contribution in [3.63, 3.8) is 0 Å². The minimum Gasteiger partial charge on any atom is -0.492 e. The molecule has 0 aliphatic rings. The number of rotatable bonds is 16. The number of ether oxygens (including phenoxy) is 3. The molecule has 2 amide bonds. The molecular formula is C30H35FN2O6. The molecule has 0 aliphatic carbocycles. The molecule has 0 aliphatic heterocycles. The van der Waals surface area contributed by atoms with E-state index in [0.29, 0.717) is 45.2 Å². The standard InChI is InChI=1S/C30H35FN2O6/c1-2-38-28(29(34)35)20-23-10-14-27(15-11-23)39-19-17-33(30(36)32-21-24-6-4-3-5-7-24)16-18-37-22-25-8-12-26(31)13-9-25/h3-15,28H,2,16-22H2,1H3,(H,32,36)(H,34,35). The largest absolute Gasteiger partial charge is 0.492 e. The van der Waals surface area contributed by atoms with Crippen LogP contribution in [0.3, 0.4) is 0 Å². The lowest BCUT2D eigenvalue weighted by Crippen LogP contribution is -2.43. The van der Waals surface area contributed by atoms with Gasteiger partial charge < -0.3 is 29.5 Å².